The lowest BCUT2D eigenvalue weighted by molar-refractivity contribution is -0.132. The zero-order valence-electron chi connectivity index (χ0n) is 17.6. The van der Waals surface area contributed by atoms with Gasteiger partial charge in [0.25, 0.3) is 0 Å². The van der Waals surface area contributed by atoms with Crippen LogP contribution in [0.3, 0.4) is 0 Å². The Labute approximate surface area is 183 Å². The molecule has 6 fully saturated rings. The van der Waals surface area contributed by atoms with Crippen LogP contribution in [0.2, 0.25) is 0 Å². The molecule has 6 aliphatic rings. The van der Waals surface area contributed by atoms with Gasteiger partial charge in [0.05, 0.1) is 25.0 Å². The first-order valence-electron chi connectivity index (χ1n) is 11.6. The van der Waals surface area contributed by atoms with Gasteiger partial charge >= 0.3 is 0 Å². The van der Waals surface area contributed by atoms with E-state index in [2.05, 4.69) is 16.7 Å². The summed E-state index contributed by atoms with van der Waals surface area (Å²) >= 11 is 1.83. The summed E-state index contributed by atoms with van der Waals surface area (Å²) in [6, 6.07) is 2.47. The summed E-state index contributed by atoms with van der Waals surface area (Å²) in [5.41, 5.74) is 0.0712. The van der Waals surface area contributed by atoms with Crippen molar-refractivity contribution < 1.29 is 9.59 Å². The fourth-order valence-corrected chi connectivity index (χ4v) is 8.04. The minimum absolute atomic E-state index is 0.0712. The van der Waals surface area contributed by atoms with Crippen LogP contribution in [-0.2, 0) is 9.59 Å². The second-order valence-electron chi connectivity index (χ2n) is 10.1. The fourth-order valence-electron chi connectivity index (χ4n) is 7.07. The molecule has 2 N–H and O–H groups in total. The Morgan fingerprint density at radius 1 is 1.10 bits per heavy atom. The van der Waals surface area contributed by atoms with Crippen LogP contribution in [0.5, 0.6) is 0 Å². The lowest BCUT2D eigenvalue weighted by Crippen LogP contribution is -2.66. The van der Waals surface area contributed by atoms with Gasteiger partial charge in [0.15, 0.2) is 0 Å². The van der Waals surface area contributed by atoms with Crippen LogP contribution in [0.4, 0.5) is 0 Å². The number of amides is 2. The molecule has 6 rings (SSSR count). The van der Waals surface area contributed by atoms with Gasteiger partial charge in [-0.05, 0) is 62.7 Å². The van der Waals surface area contributed by atoms with Crippen LogP contribution >= 0.6 is 11.8 Å². The normalized spacial score (nSPS) is 39.5. The topological polar surface area (TPSA) is 88.5 Å². The SMILES string of the molecule is N#CC1CCCN1C(=O)CNC12CC3CC(C1)C(NCC(=O)N1CCSC1)C(C3)C2. The predicted molar refractivity (Wildman–Crippen MR) is 115 cm³/mol. The Hall–Kier alpha value is -1.30. The van der Waals surface area contributed by atoms with Crippen LogP contribution in [0.1, 0.15) is 44.9 Å². The highest BCUT2D eigenvalue weighted by Gasteiger charge is 2.55. The van der Waals surface area contributed by atoms with Gasteiger partial charge in [-0.3, -0.25) is 9.59 Å². The quantitative estimate of drug-likeness (QED) is 0.656. The molecule has 3 unspecified atom stereocenters. The Kier molecular flexibility index (Phi) is 5.72. The summed E-state index contributed by atoms with van der Waals surface area (Å²) in [5.74, 6) is 4.15. The number of nitrogens with one attached hydrogen (secondary N) is 2. The van der Waals surface area contributed by atoms with Gasteiger partial charge in [-0.2, -0.15) is 5.26 Å². The molecule has 3 atom stereocenters. The third kappa shape index (κ3) is 3.85. The molecule has 4 saturated carbocycles. The van der Waals surface area contributed by atoms with E-state index in [-0.39, 0.29) is 23.4 Å². The molecule has 2 heterocycles. The molecule has 0 aromatic carbocycles. The number of thioether (sulfide) groups is 1. The first kappa shape index (κ1) is 20.6. The number of nitriles is 1. The monoisotopic (exact) mass is 431 g/mol. The molecule has 4 bridgehead atoms. The summed E-state index contributed by atoms with van der Waals surface area (Å²) in [5, 5.41) is 16.6. The molecule has 30 heavy (non-hydrogen) atoms. The van der Waals surface area contributed by atoms with Gasteiger partial charge in [0.1, 0.15) is 6.04 Å². The van der Waals surface area contributed by atoms with Crippen LogP contribution in [0.25, 0.3) is 0 Å². The lowest BCUT2D eigenvalue weighted by atomic mass is 9.51. The number of hydrogen-bond acceptors (Lipinski definition) is 6. The van der Waals surface area contributed by atoms with Crippen LogP contribution in [0.15, 0.2) is 0 Å². The zero-order valence-corrected chi connectivity index (χ0v) is 18.5. The largest absolute Gasteiger partial charge is 0.332 e. The Morgan fingerprint density at radius 3 is 2.60 bits per heavy atom. The molecular formula is C22H33N5O2S. The maximum Gasteiger partial charge on any atom is 0.237 e. The van der Waals surface area contributed by atoms with Crippen molar-refractivity contribution in [2.75, 3.05) is 37.8 Å². The molecule has 8 heteroatoms. The third-order valence-corrected chi connectivity index (χ3v) is 9.17. The van der Waals surface area contributed by atoms with Crippen molar-refractivity contribution >= 4 is 23.6 Å². The van der Waals surface area contributed by atoms with Gasteiger partial charge in [-0.1, -0.05) is 0 Å². The third-order valence-electron chi connectivity index (χ3n) is 8.20. The number of carbonyl (C=O) groups is 2. The molecule has 0 aromatic heterocycles. The summed E-state index contributed by atoms with van der Waals surface area (Å²) < 4.78 is 0. The van der Waals surface area contributed by atoms with E-state index in [1.54, 1.807) is 4.90 Å². The van der Waals surface area contributed by atoms with Gasteiger partial charge in [0.2, 0.25) is 11.8 Å². The molecule has 2 amide bonds. The average Bonchev–Trinajstić information content (AvgIpc) is 3.42. The lowest BCUT2D eigenvalue weighted by Gasteiger charge is -2.60. The van der Waals surface area contributed by atoms with Gasteiger partial charge in [-0.15, -0.1) is 11.8 Å². The van der Waals surface area contributed by atoms with E-state index in [1.165, 1.54) is 19.3 Å². The summed E-state index contributed by atoms with van der Waals surface area (Å²) in [4.78, 5) is 28.9. The van der Waals surface area contributed by atoms with E-state index in [4.69, 9.17) is 0 Å². The highest BCUT2D eigenvalue weighted by atomic mass is 32.2. The maximum absolute atomic E-state index is 12.7. The standard InChI is InChI=1S/C22H33N5O2S/c23-11-18-2-1-3-27(18)20(29)13-25-22-8-15-6-16(9-22)21(17(7-15)10-22)24-12-19(28)26-4-5-30-14-26/h15-18,21,24-25H,1-10,12-14H2. The zero-order chi connectivity index (χ0) is 20.7. The number of likely N-dealkylation sites (tertiary alicyclic amines) is 1. The summed E-state index contributed by atoms with van der Waals surface area (Å²) in [7, 11) is 0. The van der Waals surface area contributed by atoms with Crippen molar-refractivity contribution in [1.82, 2.24) is 20.4 Å². The second kappa shape index (κ2) is 8.33. The number of hydrogen-bond donors (Lipinski definition) is 2. The number of carbonyl (C=O) groups excluding carboxylic acids is 2. The molecular weight excluding hydrogens is 398 g/mol. The first-order chi connectivity index (χ1) is 14.6. The van der Waals surface area contributed by atoms with Gasteiger partial charge < -0.3 is 20.4 Å². The van der Waals surface area contributed by atoms with Crippen molar-refractivity contribution in [3.8, 4) is 6.07 Å². The predicted octanol–water partition coefficient (Wildman–Crippen LogP) is 1.16. The summed E-state index contributed by atoms with van der Waals surface area (Å²) in [6.45, 7) is 2.42. The molecule has 4 aliphatic carbocycles. The molecule has 2 aliphatic heterocycles. The van der Waals surface area contributed by atoms with E-state index in [9.17, 15) is 14.9 Å². The maximum atomic E-state index is 12.7. The highest BCUT2D eigenvalue weighted by molar-refractivity contribution is 7.99. The van der Waals surface area contributed by atoms with Crippen LogP contribution in [0, 0.1) is 29.1 Å². The van der Waals surface area contributed by atoms with Crippen molar-refractivity contribution in [3.63, 3.8) is 0 Å². The number of rotatable bonds is 6. The van der Waals surface area contributed by atoms with E-state index in [0.29, 0.717) is 31.0 Å². The van der Waals surface area contributed by atoms with Crippen molar-refractivity contribution in [3.05, 3.63) is 0 Å². The smallest absolute Gasteiger partial charge is 0.237 e. The molecule has 0 aromatic rings. The van der Waals surface area contributed by atoms with E-state index in [1.807, 2.05) is 16.7 Å². The van der Waals surface area contributed by atoms with Gasteiger partial charge in [-0.25, -0.2) is 0 Å². The second-order valence-corrected chi connectivity index (χ2v) is 11.2. The average molecular weight is 432 g/mol. The Morgan fingerprint density at radius 2 is 1.90 bits per heavy atom. The van der Waals surface area contributed by atoms with Crippen LogP contribution < -0.4 is 10.6 Å². The Balaban J connectivity index is 1.17. The van der Waals surface area contributed by atoms with E-state index in [0.717, 1.165) is 56.3 Å². The molecule has 0 spiro atoms. The van der Waals surface area contributed by atoms with E-state index < -0.39 is 0 Å². The molecule has 0 radical (unpaired) electrons. The fraction of sp³-hybridized carbons (Fsp3) is 0.864. The van der Waals surface area contributed by atoms with Gasteiger partial charge in [0, 0.05) is 30.4 Å². The molecule has 2 saturated heterocycles. The molecule has 7 nitrogen and oxygen atoms in total. The highest BCUT2D eigenvalue weighted by Crippen LogP contribution is 2.55. The molecule has 164 valence electrons. The van der Waals surface area contributed by atoms with E-state index >= 15 is 0 Å². The minimum Gasteiger partial charge on any atom is -0.332 e. The van der Waals surface area contributed by atoms with Crippen molar-refractivity contribution in [2.24, 2.45) is 17.8 Å². The minimum atomic E-state index is -0.240. The Bertz CT molecular complexity index is 718. The number of nitrogens with zero attached hydrogens (tertiary/aromatic N) is 3. The first-order valence-corrected chi connectivity index (χ1v) is 12.8. The van der Waals surface area contributed by atoms with Crippen LogP contribution in [-0.4, -0.2) is 77.0 Å². The van der Waals surface area contributed by atoms with Crippen molar-refractivity contribution in [2.45, 2.75) is 62.6 Å². The summed E-state index contributed by atoms with van der Waals surface area (Å²) in [6.07, 6.45) is 7.61. The van der Waals surface area contributed by atoms with Crippen molar-refractivity contribution in [1.29, 1.82) is 5.26 Å².